The quantitative estimate of drug-likeness (QED) is 0.559. The lowest BCUT2D eigenvalue weighted by Gasteiger charge is -2.18. The minimum Gasteiger partial charge on any atom is -0.474 e. The number of ether oxygens (including phenoxy) is 2. The minimum absolute atomic E-state index is 0.0185. The average molecular weight is 434 g/mol. The Bertz CT molecular complexity index is 1050. The van der Waals surface area contributed by atoms with E-state index in [1.807, 2.05) is 0 Å². The highest BCUT2D eigenvalue weighted by Gasteiger charge is 2.22. The van der Waals surface area contributed by atoms with E-state index in [4.69, 9.17) is 15.2 Å². The highest BCUT2D eigenvalue weighted by atomic mass is 19.3. The molecule has 0 radical (unpaired) electrons. The zero-order valence-electron chi connectivity index (χ0n) is 16.8. The molecule has 0 saturated heterocycles. The Labute approximate surface area is 176 Å². The Kier molecular flexibility index (Phi) is 7.03. The predicted molar refractivity (Wildman–Crippen MR) is 108 cm³/mol. The normalized spacial score (nSPS) is 12.2. The highest BCUT2D eigenvalue weighted by Crippen LogP contribution is 2.39. The van der Waals surface area contributed by atoms with Crippen LogP contribution in [-0.4, -0.2) is 46.5 Å². The van der Waals surface area contributed by atoms with Crippen LogP contribution in [0.25, 0.3) is 22.4 Å². The van der Waals surface area contributed by atoms with E-state index in [1.54, 1.807) is 13.0 Å². The zero-order valence-corrected chi connectivity index (χ0v) is 16.8. The van der Waals surface area contributed by atoms with Gasteiger partial charge < -0.3 is 20.3 Å². The van der Waals surface area contributed by atoms with Crippen LogP contribution in [-0.2, 0) is 4.74 Å². The monoisotopic (exact) mass is 434 g/mol. The van der Waals surface area contributed by atoms with Gasteiger partial charge >= 0.3 is 0 Å². The van der Waals surface area contributed by atoms with E-state index in [2.05, 4.69) is 15.0 Å². The Balaban J connectivity index is 2.20. The maximum Gasteiger partial charge on any atom is 0.280 e. The van der Waals surface area contributed by atoms with Crippen LogP contribution in [0.5, 0.6) is 5.88 Å². The van der Waals surface area contributed by atoms with Crippen molar-refractivity contribution < 1.29 is 27.8 Å². The third-order valence-electron chi connectivity index (χ3n) is 4.27. The summed E-state index contributed by atoms with van der Waals surface area (Å²) in [4.78, 5) is 12.2. The molecule has 0 fully saturated rings. The molecule has 3 N–H and O–H groups in total. The predicted octanol–water partition coefficient (Wildman–Crippen LogP) is 3.56. The van der Waals surface area contributed by atoms with Crippen LogP contribution in [0.1, 0.15) is 17.8 Å². The Morgan fingerprint density at radius 2 is 1.74 bits per heavy atom. The van der Waals surface area contributed by atoms with Crippen molar-refractivity contribution >= 4 is 5.95 Å². The van der Waals surface area contributed by atoms with E-state index in [0.29, 0.717) is 16.8 Å². The first-order chi connectivity index (χ1) is 14.8. The molecule has 0 unspecified atom stereocenters. The standard InChI is InChI=1S/C21H21F3N4O3/c1-11-7-13(8-16(26-11)19(23)24)17-18(12-3-5-14(22)6-4-12)27-21(25)28-20(17)31-10-15(29)9-30-2/h3-8,15,19,29H,9-10H2,1-2H3,(H2,25,27,28)/t15-/m0/s1. The number of nitrogens with two attached hydrogens (primary N) is 1. The van der Waals surface area contributed by atoms with Crippen molar-refractivity contribution in [2.75, 3.05) is 26.1 Å². The van der Waals surface area contributed by atoms with Crippen LogP contribution in [0.4, 0.5) is 19.1 Å². The smallest absolute Gasteiger partial charge is 0.280 e. The van der Waals surface area contributed by atoms with Crippen molar-refractivity contribution in [3.8, 4) is 28.3 Å². The maximum atomic E-state index is 13.4. The molecule has 2 heterocycles. The average Bonchev–Trinajstić information content (AvgIpc) is 2.72. The van der Waals surface area contributed by atoms with E-state index in [1.165, 1.54) is 37.4 Å². The molecule has 0 amide bonds. The summed E-state index contributed by atoms with van der Waals surface area (Å²) in [6.45, 7) is 1.41. The summed E-state index contributed by atoms with van der Waals surface area (Å²) in [5.74, 6) is -0.613. The van der Waals surface area contributed by atoms with Gasteiger partial charge in [-0.15, -0.1) is 0 Å². The molecule has 31 heavy (non-hydrogen) atoms. The lowest BCUT2D eigenvalue weighted by molar-refractivity contribution is 0.0316. The van der Waals surface area contributed by atoms with Crippen molar-refractivity contribution in [2.45, 2.75) is 19.5 Å². The molecular weight excluding hydrogens is 413 g/mol. The summed E-state index contributed by atoms with van der Waals surface area (Å²) in [6.07, 6.45) is -3.75. The van der Waals surface area contributed by atoms with E-state index < -0.39 is 24.0 Å². The van der Waals surface area contributed by atoms with Gasteiger partial charge in [0.25, 0.3) is 6.43 Å². The summed E-state index contributed by atoms with van der Waals surface area (Å²) in [7, 11) is 1.43. The molecule has 2 aromatic heterocycles. The number of nitrogens with zero attached hydrogens (tertiary/aromatic N) is 3. The molecule has 0 saturated carbocycles. The third-order valence-corrected chi connectivity index (χ3v) is 4.27. The highest BCUT2D eigenvalue weighted by molar-refractivity contribution is 5.85. The SMILES string of the molecule is COC[C@H](O)COc1nc(N)nc(-c2ccc(F)cc2)c1-c1cc(C)nc(C(F)F)c1. The fourth-order valence-corrected chi connectivity index (χ4v) is 3.00. The number of rotatable bonds is 8. The van der Waals surface area contributed by atoms with Crippen molar-refractivity contribution in [1.29, 1.82) is 0 Å². The second kappa shape index (κ2) is 9.71. The number of hydrogen-bond donors (Lipinski definition) is 2. The number of anilines is 1. The van der Waals surface area contributed by atoms with E-state index >= 15 is 0 Å². The largest absolute Gasteiger partial charge is 0.474 e. The molecule has 0 aliphatic rings. The maximum absolute atomic E-state index is 13.4. The molecular formula is C21H21F3N4O3. The van der Waals surface area contributed by atoms with Gasteiger partial charge in [-0.25, -0.2) is 18.2 Å². The van der Waals surface area contributed by atoms with Crippen LogP contribution < -0.4 is 10.5 Å². The number of pyridine rings is 1. The van der Waals surface area contributed by atoms with Gasteiger partial charge in [0.1, 0.15) is 24.2 Å². The molecule has 3 rings (SSSR count). The van der Waals surface area contributed by atoms with E-state index in [0.717, 1.165) is 0 Å². The third kappa shape index (κ3) is 5.47. The number of aromatic nitrogens is 3. The topological polar surface area (TPSA) is 103 Å². The second-order valence-corrected chi connectivity index (χ2v) is 6.76. The van der Waals surface area contributed by atoms with E-state index in [9.17, 15) is 18.3 Å². The van der Waals surface area contributed by atoms with Crippen molar-refractivity contribution in [1.82, 2.24) is 15.0 Å². The Morgan fingerprint density at radius 1 is 1.03 bits per heavy atom. The molecule has 10 heteroatoms. The lowest BCUT2D eigenvalue weighted by Crippen LogP contribution is -2.23. The number of alkyl halides is 2. The van der Waals surface area contributed by atoms with Gasteiger partial charge in [-0.05, 0) is 48.9 Å². The first-order valence-electron chi connectivity index (χ1n) is 9.28. The summed E-state index contributed by atoms with van der Waals surface area (Å²) in [5, 5.41) is 9.94. The van der Waals surface area contributed by atoms with Crippen LogP contribution in [0.15, 0.2) is 36.4 Å². The molecule has 0 aliphatic heterocycles. The fourth-order valence-electron chi connectivity index (χ4n) is 3.00. The van der Waals surface area contributed by atoms with E-state index in [-0.39, 0.29) is 36.3 Å². The van der Waals surface area contributed by atoms with Crippen molar-refractivity contribution in [2.24, 2.45) is 0 Å². The van der Waals surface area contributed by atoms with Crippen LogP contribution >= 0.6 is 0 Å². The van der Waals surface area contributed by atoms with Gasteiger partial charge in [0.05, 0.1) is 17.9 Å². The molecule has 0 bridgehead atoms. The number of hydrogen-bond acceptors (Lipinski definition) is 7. The number of aliphatic hydroxyl groups excluding tert-OH is 1. The lowest BCUT2D eigenvalue weighted by atomic mass is 9.99. The Morgan fingerprint density at radius 3 is 2.39 bits per heavy atom. The number of methoxy groups -OCH3 is 1. The fraction of sp³-hybridized carbons (Fsp3) is 0.286. The number of aliphatic hydroxyl groups is 1. The summed E-state index contributed by atoms with van der Waals surface area (Å²) in [5.41, 5.74) is 7.08. The summed E-state index contributed by atoms with van der Waals surface area (Å²) in [6, 6.07) is 8.22. The number of nitrogen functional groups attached to an aromatic ring is 1. The van der Waals surface area contributed by atoms with Gasteiger partial charge in [0.15, 0.2) is 0 Å². The van der Waals surface area contributed by atoms with Gasteiger partial charge in [0.2, 0.25) is 11.8 Å². The zero-order chi connectivity index (χ0) is 22.5. The molecule has 164 valence electrons. The van der Waals surface area contributed by atoms with Crippen LogP contribution in [0.2, 0.25) is 0 Å². The summed E-state index contributed by atoms with van der Waals surface area (Å²) < 4.78 is 50.8. The van der Waals surface area contributed by atoms with Crippen molar-refractivity contribution in [3.63, 3.8) is 0 Å². The first-order valence-corrected chi connectivity index (χ1v) is 9.28. The van der Waals surface area contributed by atoms with Gasteiger partial charge in [-0.2, -0.15) is 4.98 Å². The second-order valence-electron chi connectivity index (χ2n) is 6.76. The number of aryl methyl sites for hydroxylation is 1. The van der Waals surface area contributed by atoms with Gasteiger partial charge in [-0.3, -0.25) is 4.98 Å². The van der Waals surface area contributed by atoms with Crippen LogP contribution in [0, 0.1) is 12.7 Å². The van der Waals surface area contributed by atoms with Crippen LogP contribution in [0.3, 0.4) is 0 Å². The molecule has 1 atom stereocenters. The molecule has 0 aliphatic carbocycles. The first kappa shape index (κ1) is 22.4. The number of benzene rings is 1. The Hall–Kier alpha value is -3.24. The minimum atomic E-state index is -2.80. The molecule has 0 spiro atoms. The van der Waals surface area contributed by atoms with Gasteiger partial charge in [-0.1, -0.05) is 0 Å². The van der Waals surface area contributed by atoms with Gasteiger partial charge in [0, 0.05) is 18.4 Å². The number of halogens is 3. The summed E-state index contributed by atoms with van der Waals surface area (Å²) >= 11 is 0. The van der Waals surface area contributed by atoms with Crippen molar-refractivity contribution in [3.05, 3.63) is 53.6 Å². The molecule has 1 aromatic carbocycles. The molecule has 3 aromatic rings. The molecule has 7 nitrogen and oxygen atoms in total.